The van der Waals surface area contributed by atoms with E-state index in [9.17, 15) is 14.0 Å². The van der Waals surface area contributed by atoms with Gasteiger partial charge in [-0.15, -0.1) is 0 Å². The molecule has 0 atom stereocenters. The number of hydrogen-bond donors (Lipinski definition) is 3. The van der Waals surface area contributed by atoms with Crippen LogP contribution in [0.15, 0.2) is 42.7 Å². The summed E-state index contributed by atoms with van der Waals surface area (Å²) in [6, 6.07) is 7.16. The third kappa shape index (κ3) is 6.00. The first kappa shape index (κ1) is 24.3. The van der Waals surface area contributed by atoms with Crippen molar-refractivity contribution in [2.45, 2.75) is 45.1 Å². The second-order valence-electron chi connectivity index (χ2n) is 9.75. The lowest BCUT2D eigenvalue weighted by Crippen LogP contribution is -2.41. The highest BCUT2D eigenvalue weighted by Gasteiger charge is 2.25. The van der Waals surface area contributed by atoms with Crippen LogP contribution in [0.1, 0.15) is 49.7 Å². The van der Waals surface area contributed by atoms with E-state index in [0.29, 0.717) is 43.1 Å². The standard InChI is InChI=1S/C25H31FN6O3/c1-25(2,3)21-14-22(31(4)30-21)29-24(34)28-18-11-17(26)12-20(13-18)35-19-6-9-32(10-7-19)23(33)16-5-8-27-15-16/h5,8,11-15,19,27H,6-7,9-10H2,1-4H3,(H2,28,29,34). The van der Waals surface area contributed by atoms with E-state index in [4.69, 9.17) is 4.74 Å². The second kappa shape index (κ2) is 9.81. The van der Waals surface area contributed by atoms with Crippen LogP contribution in [-0.4, -0.2) is 50.8 Å². The lowest BCUT2D eigenvalue weighted by molar-refractivity contribution is 0.0595. The minimum atomic E-state index is -0.520. The third-order valence-corrected chi connectivity index (χ3v) is 5.90. The predicted molar refractivity (Wildman–Crippen MR) is 131 cm³/mol. The van der Waals surface area contributed by atoms with Gasteiger partial charge in [0.15, 0.2) is 0 Å². The number of aromatic nitrogens is 3. The lowest BCUT2D eigenvalue weighted by atomic mass is 9.92. The Morgan fingerprint density at radius 3 is 2.51 bits per heavy atom. The number of aromatic amines is 1. The number of nitrogens with zero attached hydrogens (tertiary/aromatic N) is 3. The van der Waals surface area contributed by atoms with Gasteiger partial charge in [-0.05, 0) is 12.1 Å². The fourth-order valence-corrected chi connectivity index (χ4v) is 3.94. The number of carbonyl (C=O) groups excluding carboxylic acids is 2. The molecule has 1 saturated heterocycles. The highest BCUT2D eigenvalue weighted by atomic mass is 19.1. The van der Waals surface area contributed by atoms with Gasteiger partial charge in [-0.3, -0.25) is 14.8 Å². The molecule has 3 heterocycles. The highest BCUT2D eigenvalue weighted by Crippen LogP contribution is 2.26. The molecule has 3 aromatic rings. The van der Waals surface area contributed by atoms with Crippen LogP contribution in [0, 0.1) is 5.82 Å². The molecule has 0 radical (unpaired) electrons. The summed E-state index contributed by atoms with van der Waals surface area (Å²) in [7, 11) is 1.75. The van der Waals surface area contributed by atoms with Crippen LogP contribution in [0.3, 0.4) is 0 Å². The summed E-state index contributed by atoms with van der Waals surface area (Å²) in [4.78, 5) is 29.7. The summed E-state index contributed by atoms with van der Waals surface area (Å²) in [5.41, 5.74) is 1.59. The number of hydrogen-bond acceptors (Lipinski definition) is 4. The van der Waals surface area contributed by atoms with Crippen LogP contribution in [0.5, 0.6) is 5.75 Å². The van der Waals surface area contributed by atoms with E-state index in [-0.39, 0.29) is 23.1 Å². The first-order chi connectivity index (χ1) is 16.6. The van der Waals surface area contributed by atoms with Crippen LogP contribution < -0.4 is 15.4 Å². The molecule has 1 fully saturated rings. The molecular formula is C25H31FN6O3. The van der Waals surface area contributed by atoms with E-state index in [0.717, 1.165) is 5.69 Å². The molecule has 0 saturated carbocycles. The summed E-state index contributed by atoms with van der Waals surface area (Å²) in [5.74, 6) is 0.317. The fraction of sp³-hybridized carbons (Fsp3) is 0.400. The van der Waals surface area contributed by atoms with Gasteiger partial charge in [-0.25, -0.2) is 9.18 Å². The van der Waals surface area contributed by atoms with E-state index in [2.05, 4.69) is 20.7 Å². The number of nitrogens with one attached hydrogen (secondary N) is 3. The molecule has 3 N–H and O–H groups in total. The Hall–Kier alpha value is -3.82. The van der Waals surface area contributed by atoms with Gasteiger partial charge in [0.25, 0.3) is 5.91 Å². The van der Waals surface area contributed by atoms with E-state index >= 15 is 0 Å². The zero-order chi connectivity index (χ0) is 25.2. The van der Waals surface area contributed by atoms with Gasteiger partial charge in [0.1, 0.15) is 23.5 Å². The summed E-state index contributed by atoms with van der Waals surface area (Å²) >= 11 is 0. The molecule has 4 rings (SSSR count). The second-order valence-corrected chi connectivity index (χ2v) is 9.75. The average Bonchev–Trinajstić information content (AvgIpc) is 3.44. The van der Waals surface area contributed by atoms with Gasteiger partial charge >= 0.3 is 6.03 Å². The number of H-pyrrole nitrogens is 1. The number of aryl methyl sites for hydroxylation is 1. The van der Waals surface area contributed by atoms with Gasteiger partial charge in [0, 0.05) is 74.7 Å². The molecule has 0 unspecified atom stereocenters. The Bertz CT molecular complexity index is 1190. The van der Waals surface area contributed by atoms with Crippen LogP contribution >= 0.6 is 0 Å². The zero-order valence-corrected chi connectivity index (χ0v) is 20.4. The number of anilines is 2. The first-order valence-electron chi connectivity index (χ1n) is 11.6. The molecule has 0 aliphatic carbocycles. The van der Waals surface area contributed by atoms with E-state index in [1.807, 2.05) is 26.8 Å². The Morgan fingerprint density at radius 2 is 1.89 bits per heavy atom. The lowest BCUT2D eigenvalue weighted by Gasteiger charge is -2.32. The van der Waals surface area contributed by atoms with Gasteiger partial charge in [-0.2, -0.15) is 5.10 Å². The Morgan fingerprint density at radius 1 is 1.14 bits per heavy atom. The first-order valence-corrected chi connectivity index (χ1v) is 11.6. The highest BCUT2D eigenvalue weighted by molar-refractivity contribution is 5.99. The van der Waals surface area contributed by atoms with Crippen molar-refractivity contribution in [1.82, 2.24) is 19.7 Å². The van der Waals surface area contributed by atoms with E-state index in [1.54, 1.807) is 41.2 Å². The molecule has 9 nitrogen and oxygen atoms in total. The van der Waals surface area contributed by atoms with Crippen LogP contribution in [0.2, 0.25) is 0 Å². The molecule has 3 amide bonds. The molecule has 1 aromatic carbocycles. The molecule has 1 aliphatic rings. The van der Waals surface area contributed by atoms with Crippen molar-refractivity contribution in [3.8, 4) is 5.75 Å². The maximum absolute atomic E-state index is 14.3. The minimum absolute atomic E-state index is 0.0176. The largest absolute Gasteiger partial charge is 0.490 e. The van der Waals surface area contributed by atoms with Crippen LogP contribution in [0.25, 0.3) is 0 Å². The number of piperidine rings is 1. The molecule has 35 heavy (non-hydrogen) atoms. The van der Waals surface area contributed by atoms with Gasteiger partial charge in [-0.1, -0.05) is 20.8 Å². The van der Waals surface area contributed by atoms with Crippen molar-refractivity contribution in [3.05, 3.63) is 59.8 Å². The summed E-state index contributed by atoms with van der Waals surface area (Å²) in [6.07, 6.45) is 4.51. The molecule has 1 aliphatic heterocycles. The van der Waals surface area contributed by atoms with Crippen molar-refractivity contribution in [1.29, 1.82) is 0 Å². The van der Waals surface area contributed by atoms with Gasteiger partial charge in [0.05, 0.1) is 11.3 Å². The maximum atomic E-state index is 14.3. The number of likely N-dealkylation sites (tertiary alicyclic amines) is 1. The number of halogens is 1. The summed E-state index contributed by atoms with van der Waals surface area (Å²) in [5, 5.41) is 9.83. The molecule has 0 bridgehead atoms. The van der Waals surface area contributed by atoms with Crippen LogP contribution in [-0.2, 0) is 12.5 Å². The van der Waals surface area contributed by atoms with Crippen molar-refractivity contribution in [2.24, 2.45) is 7.05 Å². The van der Waals surface area contributed by atoms with Crippen molar-refractivity contribution >= 4 is 23.4 Å². The topological polar surface area (TPSA) is 104 Å². The number of ether oxygens (including phenoxy) is 1. The number of benzene rings is 1. The number of amides is 3. The molecule has 0 spiro atoms. The van der Waals surface area contributed by atoms with Crippen molar-refractivity contribution in [2.75, 3.05) is 23.7 Å². The van der Waals surface area contributed by atoms with Gasteiger partial charge in [0.2, 0.25) is 0 Å². The van der Waals surface area contributed by atoms with Gasteiger partial charge < -0.3 is 19.9 Å². The van der Waals surface area contributed by atoms with Crippen molar-refractivity contribution in [3.63, 3.8) is 0 Å². The molecule has 10 heteroatoms. The minimum Gasteiger partial charge on any atom is -0.490 e. The number of carbonyl (C=O) groups is 2. The quantitative estimate of drug-likeness (QED) is 0.498. The third-order valence-electron chi connectivity index (χ3n) is 5.90. The Balaban J connectivity index is 1.34. The average molecular weight is 483 g/mol. The SMILES string of the molecule is Cn1nc(C(C)(C)C)cc1NC(=O)Nc1cc(F)cc(OC2CCN(C(=O)c3cc[nH]c3)CC2)c1. The van der Waals surface area contributed by atoms with Crippen molar-refractivity contribution < 1.29 is 18.7 Å². The number of rotatable bonds is 5. The van der Waals surface area contributed by atoms with E-state index in [1.165, 1.54) is 12.1 Å². The fourth-order valence-electron chi connectivity index (χ4n) is 3.94. The molecule has 2 aromatic heterocycles. The van der Waals surface area contributed by atoms with Crippen LogP contribution in [0.4, 0.5) is 20.7 Å². The van der Waals surface area contributed by atoms with E-state index < -0.39 is 11.8 Å². The molecule has 186 valence electrons. The normalized spacial score (nSPS) is 14.6. The molecular weight excluding hydrogens is 451 g/mol. The number of urea groups is 1. The maximum Gasteiger partial charge on any atom is 0.324 e. The zero-order valence-electron chi connectivity index (χ0n) is 20.4. The smallest absolute Gasteiger partial charge is 0.324 e. The Kier molecular flexibility index (Phi) is 6.81. The summed E-state index contributed by atoms with van der Waals surface area (Å²) < 4.78 is 21.8. The monoisotopic (exact) mass is 482 g/mol. The Labute approximate surface area is 203 Å². The predicted octanol–water partition coefficient (Wildman–Crippen LogP) is 4.51. The summed E-state index contributed by atoms with van der Waals surface area (Å²) in [6.45, 7) is 7.23.